The van der Waals surface area contributed by atoms with Crippen LogP contribution < -0.4 is 0 Å². The monoisotopic (exact) mass is 245 g/mol. The number of hydrogen-bond acceptors (Lipinski definition) is 2. The molecule has 98 valence electrons. The molecule has 2 nitrogen and oxygen atoms in total. The summed E-state index contributed by atoms with van der Waals surface area (Å²) >= 11 is 0. The Kier molecular flexibility index (Phi) is 3.52. The third-order valence-electron chi connectivity index (χ3n) is 4.53. The molecular formula is C16H23NO. The summed E-state index contributed by atoms with van der Waals surface area (Å²) in [6.45, 7) is 6.94. The second-order valence-electron chi connectivity index (χ2n) is 6.84. The first-order valence-electron chi connectivity index (χ1n) is 6.88. The molecular weight excluding hydrogens is 222 g/mol. The first-order chi connectivity index (χ1) is 8.45. The molecule has 0 radical (unpaired) electrons. The lowest BCUT2D eigenvalue weighted by Crippen LogP contribution is -2.33. The summed E-state index contributed by atoms with van der Waals surface area (Å²) in [6, 6.07) is 4.57. The van der Waals surface area contributed by atoms with Gasteiger partial charge in [-0.3, -0.25) is 0 Å². The van der Waals surface area contributed by atoms with Crippen LogP contribution in [0.2, 0.25) is 0 Å². The Bertz CT molecular complexity index is 411. The van der Waals surface area contributed by atoms with E-state index >= 15 is 0 Å². The van der Waals surface area contributed by atoms with Crippen molar-refractivity contribution in [1.29, 1.82) is 5.26 Å². The lowest BCUT2D eigenvalue weighted by molar-refractivity contribution is 0.120. The number of rotatable bonds is 2. The smallest absolute Gasteiger partial charge is 0.0935 e. The lowest BCUT2D eigenvalue weighted by Gasteiger charge is -2.40. The predicted molar refractivity (Wildman–Crippen MR) is 71.9 cm³/mol. The van der Waals surface area contributed by atoms with Crippen molar-refractivity contribution in [3.8, 4) is 6.07 Å². The third-order valence-corrected chi connectivity index (χ3v) is 4.53. The van der Waals surface area contributed by atoms with E-state index in [1.165, 1.54) is 12.8 Å². The highest BCUT2D eigenvalue weighted by molar-refractivity contribution is 5.15. The van der Waals surface area contributed by atoms with Crippen molar-refractivity contribution in [2.24, 2.45) is 16.7 Å². The predicted octanol–water partition coefficient (Wildman–Crippen LogP) is 4.57. The van der Waals surface area contributed by atoms with Gasteiger partial charge >= 0.3 is 0 Å². The topological polar surface area (TPSA) is 36.9 Å². The van der Waals surface area contributed by atoms with E-state index in [4.69, 9.17) is 4.42 Å². The Balaban J connectivity index is 2.03. The Morgan fingerprint density at radius 3 is 2.50 bits per heavy atom. The maximum Gasteiger partial charge on any atom is 0.0935 e. The second kappa shape index (κ2) is 4.80. The van der Waals surface area contributed by atoms with Crippen LogP contribution in [-0.2, 0) is 6.42 Å². The first-order valence-corrected chi connectivity index (χ1v) is 6.88. The molecule has 1 aliphatic carbocycles. The fourth-order valence-electron chi connectivity index (χ4n) is 3.15. The van der Waals surface area contributed by atoms with E-state index in [1.807, 2.05) is 6.07 Å². The van der Waals surface area contributed by atoms with Gasteiger partial charge in [-0.25, -0.2) is 0 Å². The molecule has 0 amide bonds. The van der Waals surface area contributed by atoms with Gasteiger partial charge in [0.1, 0.15) is 0 Å². The summed E-state index contributed by atoms with van der Waals surface area (Å²) in [5.41, 5.74) is 1.37. The molecule has 2 rings (SSSR count). The highest BCUT2D eigenvalue weighted by atomic mass is 16.3. The Morgan fingerprint density at radius 2 is 2.06 bits per heavy atom. The summed E-state index contributed by atoms with van der Waals surface area (Å²) in [6.07, 6.45) is 8.71. The van der Waals surface area contributed by atoms with Gasteiger partial charge in [0.2, 0.25) is 0 Å². The van der Waals surface area contributed by atoms with Crippen LogP contribution in [0.5, 0.6) is 0 Å². The largest absolute Gasteiger partial charge is 0.472 e. The number of furan rings is 1. The van der Waals surface area contributed by atoms with E-state index in [0.717, 1.165) is 30.7 Å². The van der Waals surface area contributed by atoms with Crippen LogP contribution in [-0.4, -0.2) is 0 Å². The standard InChI is InChI=1S/C16H23NO/c1-15(2,3)14-4-7-16(12-17,8-5-14)10-13-6-9-18-11-13/h6,9,11,14H,4-5,7-8,10H2,1-3H3. The molecule has 1 aromatic heterocycles. The molecule has 0 bridgehead atoms. The van der Waals surface area contributed by atoms with Gasteiger partial charge < -0.3 is 4.42 Å². The molecule has 0 atom stereocenters. The molecule has 1 aromatic rings. The summed E-state index contributed by atoms with van der Waals surface area (Å²) in [5.74, 6) is 0.753. The quantitative estimate of drug-likeness (QED) is 0.765. The molecule has 1 heterocycles. The van der Waals surface area contributed by atoms with Gasteiger partial charge in [-0.1, -0.05) is 20.8 Å². The molecule has 0 saturated heterocycles. The zero-order valence-electron chi connectivity index (χ0n) is 11.7. The van der Waals surface area contributed by atoms with Crippen molar-refractivity contribution in [1.82, 2.24) is 0 Å². The van der Waals surface area contributed by atoms with Crippen LogP contribution in [0.1, 0.15) is 52.0 Å². The van der Waals surface area contributed by atoms with E-state index in [1.54, 1.807) is 12.5 Å². The average molecular weight is 245 g/mol. The second-order valence-corrected chi connectivity index (χ2v) is 6.84. The normalized spacial score (nSPS) is 28.9. The number of hydrogen-bond donors (Lipinski definition) is 0. The van der Waals surface area contributed by atoms with Crippen LogP contribution >= 0.6 is 0 Å². The zero-order chi connectivity index (χ0) is 13.2. The van der Waals surface area contributed by atoms with Gasteiger partial charge in [0, 0.05) is 0 Å². The fourth-order valence-corrected chi connectivity index (χ4v) is 3.15. The minimum Gasteiger partial charge on any atom is -0.472 e. The van der Waals surface area contributed by atoms with Gasteiger partial charge in [-0.2, -0.15) is 5.26 Å². The molecule has 1 fully saturated rings. The average Bonchev–Trinajstić information content (AvgIpc) is 2.81. The minimum absolute atomic E-state index is 0.161. The van der Waals surface area contributed by atoms with E-state index in [0.29, 0.717) is 5.41 Å². The Morgan fingerprint density at radius 1 is 1.39 bits per heavy atom. The third kappa shape index (κ3) is 2.77. The summed E-state index contributed by atoms with van der Waals surface area (Å²) < 4.78 is 5.11. The molecule has 0 aromatic carbocycles. The van der Waals surface area contributed by atoms with Gasteiger partial charge in [-0.05, 0) is 55.1 Å². The van der Waals surface area contributed by atoms with Crippen LogP contribution in [0.3, 0.4) is 0 Å². The highest BCUT2D eigenvalue weighted by Crippen LogP contribution is 2.46. The van der Waals surface area contributed by atoms with Crippen molar-refractivity contribution < 1.29 is 4.42 Å². The zero-order valence-corrected chi connectivity index (χ0v) is 11.7. The Hall–Kier alpha value is -1.23. The summed E-state index contributed by atoms with van der Waals surface area (Å²) in [5, 5.41) is 9.55. The van der Waals surface area contributed by atoms with Crippen molar-refractivity contribution in [3.05, 3.63) is 24.2 Å². The van der Waals surface area contributed by atoms with Crippen molar-refractivity contribution in [2.75, 3.05) is 0 Å². The van der Waals surface area contributed by atoms with E-state index in [-0.39, 0.29) is 5.41 Å². The van der Waals surface area contributed by atoms with Crippen molar-refractivity contribution >= 4 is 0 Å². The van der Waals surface area contributed by atoms with Gasteiger partial charge in [0.25, 0.3) is 0 Å². The first kappa shape index (κ1) is 13.2. The van der Waals surface area contributed by atoms with Crippen LogP contribution in [0.25, 0.3) is 0 Å². The fraction of sp³-hybridized carbons (Fsp3) is 0.688. The maximum absolute atomic E-state index is 9.55. The lowest BCUT2D eigenvalue weighted by atomic mass is 9.63. The van der Waals surface area contributed by atoms with E-state index < -0.39 is 0 Å². The van der Waals surface area contributed by atoms with Crippen molar-refractivity contribution in [2.45, 2.75) is 52.9 Å². The Labute approximate surface area is 110 Å². The maximum atomic E-state index is 9.55. The molecule has 1 saturated carbocycles. The molecule has 0 spiro atoms. The molecule has 2 heteroatoms. The number of nitrogens with zero attached hydrogens (tertiary/aromatic N) is 1. The van der Waals surface area contributed by atoms with Gasteiger partial charge in [0.15, 0.2) is 0 Å². The van der Waals surface area contributed by atoms with Crippen LogP contribution in [0.15, 0.2) is 23.0 Å². The van der Waals surface area contributed by atoms with Crippen LogP contribution in [0.4, 0.5) is 0 Å². The number of nitriles is 1. The highest BCUT2D eigenvalue weighted by Gasteiger charge is 2.39. The molecule has 1 aliphatic rings. The van der Waals surface area contributed by atoms with Gasteiger partial charge in [0.05, 0.1) is 24.0 Å². The van der Waals surface area contributed by atoms with E-state index in [9.17, 15) is 5.26 Å². The molecule has 0 N–H and O–H groups in total. The summed E-state index contributed by atoms with van der Waals surface area (Å²) in [4.78, 5) is 0. The van der Waals surface area contributed by atoms with Crippen LogP contribution in [0, 0.1) is 28.1 Å². The molecule has 18 heavy (non-hydrogen) atoms. The molecule has 0 aliphatic heterocycles. The molecule has 0 unspecified atom stereocenters. The minimum atomic E-state index is -0.161. The van der Waals surface area contributed by atoms with E-state index in [2.05, 4.69) is 26.8 Å². The van der Waals surface area contributed by atoms with Gasteiger partial charge in [-0.15, -0.1) is 0 Å². The SMILES string of the molecule is CC(C)(C)C1CCC(C#N)(Cc2ccoc2)CC1. The van der Waals surface area contributed by atoms with Crippen molar-refractivity contribution in [3.63, 3.8) is 0 Å². The summed E-state index contributed by atoms with van der Waals surface area (Å²) in [7, 11) is 0.